The minimum absolute atomic E-state index is 0.0985. The predicted molar refractivity (Wildman–Crippen MR) is 114 cm³/mol. The second-order valence-corrected chi connectivity index (χ2v) is 8.35. The highest BCUT2D eigenvalue weighted by Gasteiger charge is 2.35. The lowest BCUT2D eigenvalue weighted by molar-refractivity contribution is -0.122. The summed E-state index contributed by atoms with van der Waals surface area (Å²) in [6.45, 7) is 2.99. The molecular formula is C22H22FN3O3S. The molecule has 1 atom stereocenters. The van der Waals surface area contributed by atoms with Crippen molar-refractivity contribution in [1.29, 1.82) is 0 Å². The molecule has 0 saturated carbocycles. The Labute approximate surface area is 177 Å². The lowest BCUT2D eigenvalue weighted by Gasteiger charge is -2.44. The second kappa shape index (κ2) is 8.89. The number of carbonyl (C=O) groups excluding carboxylic acids is 1. The van der Waals surface area contributed by atoms with Gasteiger partial charge in [0.2, 0.25) is 0 Å². The van der Waals surface area contributed by atoms with Crippen LogP contribution in [0.1, 0.15) is 23.3 Å². The van der Waals surface area contributed by atoms with Gasteiger partial charge in [0.25, 0.3) is 12.4 Å². The molecule has 0 radical (unpaired) electrons. The highest BCUT2D eigenvalue weighted by atomic mass is 32.1. The van der Waals surface area contributed by atoms with Crippen LogP contribution in [-0.4, -0.2) is 52.4 Å². The Morgan fingerprint density at radius 1 is 1.23 bits per heavy atom. The summed E-state index contributed by atoms with van der Waals surface area (Å²) in [5.41, 5.74) is 1.84. The first-order valence-electron chi connectivity index (χ1n) is 9.86. The fourth-order valence-corrected chi connectivity index (χ4v) is 5.14. The third-order valence-corrected chi connectivity index (χ3v) is 6.65. The van der Waals surface area contributed by atoms with Crippen molar-refractivity contribution in [2.75, 3.05) is 19.6 Å². The van der Waals surface area contributed by atoms with Crippen LogP contribution in [-0.2, 0) is 4.79 Å². The SMILES string of the molecule is O=C(N[C@@H]1CN2CCC1CC2)c1nsc2cc(-c3ccccc3F)ccc12.O=CO. The smallest absolute Gasteiger partial charge is 0.290 e. The Bertz CT molecular complexity index is 1060. The highest BCUT2D eigenvalue weighted by molar-refractivity contribution is 7.13. The van der Waals surface area contributed by atoms with E-state index in [2.05, 4.69) is 14.6 Å². The maximum Gasteiger partial charge on any atom is 0.290 e. The number of rotatable bonds is 3. The van der Waals surface area contributed by atoms with E-state index in [9.17, 15) is 9.18 Å². The molecule has 3 fully saturated rings. The molecule has 4 heterocycles. The molecule has 0 aliphatic carbocycles. The Morgan fingerprint density at radius 3 is 2.63 bits per heavy atom. The van der Waals surface area contributed by atoms with Crippen molar-refractivity contribution in [3.8, 4) is 11.1 Å². The van der Waals surface area contributed by atoms with Crippen LogP contribution >= 0.6 is 11.5 Å². The number of hydrogen-bond donors (Lipinski definition) is 2. The summed E-state index contributed by atoms with van der Waals surface area (Å²) in [6, 6.07) is 12.6. The van der Waals surface area contributed by atoms with Gasteiger partial charge in [0.1, 0.15) is 11.5 Å². The molecule has 3 aromatic rings. The Balaban J connectivity index is 0.000000687. The zero-order valence-corrected chi connectivity index (χ0v) is 17.1. The van der Waals surface area contributed by atoms with Gasteiger partial charge in [-0.25, -0.2) is 4.39 Å². The van der Waals surface area contributed by atoms with E-state index in [1.54, 1.807) is 12.1 Å². The monoisotopic (exact) mass is 427 g/mol. The molecule has 1 aromatic heterocycles. The largest absolute Gasteiger partial charge is 0.483 e. The molecule has 6 rings (SSSR count). The normalized spacial score (nSPS) is 22.2. The predicted octanol–water partition coefficient (Wildman–Crippen LogP) is 3.63. The van der Waals surface area contributed by atoms with Crippen molar-refractivity contribution in [3.05, 3.63) is 54.0 Å². The van der Waals surface area contributed by atoms with Crippen molar-refractivity contribution in [2.24, 2.45) is 5.92 Å². The van der Waals surface area contributed by atoms with Gasteiger partial charge in [-0.2, -0.15) is 4.37 Å². The van der Waals surface area contributed by atoms with Crippen LogP contribution in [0.4, 0.5) is 4.39 Å². The van der Waals surface area contributed by atoms with Crippen molar-refractivity contribution < 1.29 is 19.1 Å². The van der Waals surface area contributed by atoms with Gasteiger partial charge >= 0.3 is 0 Å². The summed E-state index contributed by atoms with van der Waals surface area (Å²) in [6.07, 6.45) is 2.32. The molecule has 156 valence electrons. The summed E-state index contributed by atoms with van der Waals surface area (Å²) >= 11 is 1.29. The molecule has 3 saturated heterocycles. The molecule has 0 spiro atoms. The van der Waals surface area contributed by atoms with E-state index in [-0.39, 0.29) is 24.2 Å². The van der Waals surface area contributed by atoms with Gasteiger partial charge in [0, 0.05) is 23.5 Å². The number of piperidine rings is 3. The second-order valence-electron chi connectivity index (χ2n) is 7.55. The van der Waals surface area contributed by atoms with Gasteiger partial charge in [-0.15, -0.1) is 0 Å². The summed E-state index contributed by atoms with van der Waals surface area (Å²) < 4.78 is 19.4. The Kier molecular flexibility index (Phi) is 6.06. The van der Waals surface area contributed by atoms with Crippen LogP contribution in [0.15, 0.2) is 42.5 Å². The number of carbonyl (C=O) groups is 2. The van der Waals surface area contributed by atoms with Gasteiger partial charge in [-0.1, -0.05) is 30.3 Å². The molecule has 30 heavy (non-hydrogen) atoms. The standard InChI is InChI=1S/C21H20FN3OS.CH2O2/c22-17-4-2-1-3-15(17)14-5-6-16-19(11-14)27-24-20(16)21(26)23-18-12-25-9-7-13(18)8-10-25;2-1-3/h1-6,11,13,18H,7-10,12H2,(H,23,26);1H,(H,2,3)/t18-;/m1./s1. The van der Waals surface area contributed by atoms with E-state index < -0.39 is 0 Å². The minimum Gasteiger partial charge on any atom is -0.483 e. The number of aromatic nitrogens is 1. The third kappa shape index (κ3) is 4.06. The molecular weight excluding hydrogens is 405 g/mol. The zero-order valence-electron chi connectivity index (χ0n) is 16.3. The lowest BCUT2D eigenvalue weighted by atomic mass is 9.84. The molecule has 3 aliphatic rings. The molecule has 0 unspecified atom stereocenters. The highest BCUT2D eigenvalue weighted by Crippen LogP contribution is 2.31. The molecule has 2 N–H and O–H groups in total. The van der Waals surface area contributed by atoms with Crippen molar-refractivity contribution in [1.82, 2.24) is 14.6 Å². The number of hydrogen-bond acceptors (Lipinski definition) is 5. The molecule has 6 nitrogen and oxygen atoms in total. The number of fused-ring (bicyclic) bond motifs is 4. The number of nitrogens with zero attached hydrogens (tertiary/aromatic N) is 2. The summed E-state index contributed by atoms with van der Waals surface area (Å²) in [4.78, 5) is 23.6. The average Bonchev–Trinajstić information content (AvgIpc) is 3.19. The van der Waals surface area contributed by atoms with Crippen LogP contribution in [0.5, 0.6) is 0 Å². The number of nitrogens with one attached hydrogen (secondary N) is 1. The van der Waals surface area contributed by atoms with Crippen LogP contribution in [0.3, 0.4) is 0 Å². The first kappa shape index (κ1) is 20.4. The van der Waals surface area contributed by atoms with Crippen LogP contribution in [0, 0.1) is 11.7 Å². The van der Waals surface area contributed by atoms with E-state index >= 15 is 0 Å². The Morgan fingerprint density at radius 2 is 1.97 bits per heavy atom. The number of benzene rings is 2. The van der Waals surface area contributed by atoms with Crippen LogP contribution < -0.4 is 5.32 Å². The van der Waals surface area contributed by atoms with E-state index in [0.717, 1.165) is 48.1 Å². The summed E-state index contributed by atoms with van der Waals surface area (Å²) in [5.74, 6) is 0.233. The van der Waals surface area contributed by atoms with Gasteiger partial charge in [-0.05, 0) is 61.1 Å². The topological polar surface area (TPSA) is 82.5 Å². The maximum atomic E-state index is 14.1. The molecule has 3 aliphatic heterocycles. The van der Waals surface area contributed by atoms with Crippen LogP contribution in [0.2, 0.25) is 0 Å². The number of amides is 1. The molecule has 1 amide bonds. The molecule has 2 aromatic carbocycles. The van der Waals surface area contributed by atoms with Gasteiger partial charge in [0.05, 0.1) is 4.70 Å². The van der Waals surface area contributed by atoms with Gasteiger partial charge in [-0.3, -0.25) is 9.59 Å². The quantitative estimate of drug-likeness (QED) is 0.624. The maximum absolute atomic E-state index is 14.1. The van der Waals surface area contributed by atoms with E-state index in [0.29, 0.717) is 17.2 Å². The van der Waals surface area contributed by atoms with Crippen LogP contribution in [0.25, 0.3) is 21.2 Å². The first-order valence-corrected chi connectivity index (χ1v) is 10.6. The first-order chi connectivity index (χ1) is 14.6. The fraction of sp³-hybridized carbons (Fsp3) is 0.318. The number of carboxylic acid groups (broad SMARTS) is 1. The molecule has 2 bridgehead atoms. The summed E-state index contributed by atoms with van der Waals surface area (Å²) in [5, 5.41) is 10.9. The van der Waals surface area contributed by atoms with E-state index in [1.165, 1.54) is 17.6 Å². The van der Waals surface area contributed by atoms with E-state index in [1.807, 2.05) is 24.3 Å². The summed E-state index contributed by atoms with van der Waals surface area (Å²) in [7, 11) is 0. The fourth-order valence-electron chi connectivity index (χ4n) is 4.33. The zero-order chi connectivity index (χ0) is 21.1. The van der Waals surface area contributed by atoms with Gasteiger partial charge in [0.15, 0.2) is 0 Å². The van der Waals surface area contributed by atoms with Crippen molar-refractivity contribution >= 4 is 34.0 Å². The van der Waals surface area contributed by atoms with Crippen molar-refractivity contribution in [3.63, 3.8) is 0 Å². The minimum atomic E-state index is -0.250. The van der Waals surface area contributed by atoms with Gasteiger partial charge < -0.3 is 15.3 Å². The Hall–Kier alpha value is -2.84. The number of halogens is 1. The lowest BCUT2D eigenvalue weighted by Crippen LogP contribution is -2.57. The third-order valence-electron chi connectivity index (χ3n) is 5.84. The molecule has 8 heteroatoms. The van der Waals surface area contributed by atoms with E-state index in [4.69, 9.17) is 9.90 Å². The van der Waals surface area contributed by atoms with Crippen molar-refractivity contribution in [2.45, 2.75) is 18.9 Å². The average molecular weight is 428 g/mol.